The lowest BCUT2D eigenvalue weighted by molar-refractivity contribution is -0.115. The summed E-state index contributed by atoms with van der Waals surface area (Å²) < 4.78 is 10.5. The van der Waals surface area contributed by atoms with Gasteiger partial charge in [-0.25, -0.2) is 0 Å². The van der Waals surface area contributed by atoms with E-state index in [1.54, 1.807) is 50.6 Å². The SMILES string of the molecule is COc1ccc(OC)c(NCCC(=O)Nc2cccc(C#N)c2)c1. The van der Waals surface area contributed by atoms with E-state index in [9.17, 15) is 4.79 Å². The van der Waals surface area contributed by atoms with Gasteiger partial charge in [-0.2, -0.15) is 5.26 Å². The van der Waals surface area contributed by atoms with Crippen LogP contribution in [0.2, 0.25) is 0 Å². The van der Waals surface area contributed by atoms with Crippen molar-refractivity contribution in [3.8, 4) is 17.6 Å². The van der Waals surface area contributed by atoms with Crippen LogP contribution >= 0.6 is 0 Å². The molecule has 24 heavy (non-hydrogen) atoms. The molecule has 2 aromatic rings. The Morgan fingerprint density at radius 3 is 2.71 bits per heavy atom. The Morgan fingerprint density at radius 1 is 1.17 bits per heavy atom. The van der Waals surface area contributed by atoms with Crippen LogP contribution in [0.5, 0.6) is 11.5 Å². The number of nitrogens with one attached hydrogen (secondary N) is 2. The van der Waals surface area contributed by atoms with Crippen LogP contribution in [0, 0.1) is 11.3 Å². The molecule has 0 fully saturated rings. The maximum atomic E-state index is 12.0. The molecule has 0 atom stereocenters. The molecule has 0 unspecified atom stereocenters. The zero-order valence-electron chi connectivity index (χ0n) is 13.6. The Bertz CT molecular complexity index is 753. The minimum atomic E-state index is -0.139. The van der Waals surface area contributed by atoms with Gasteiger partial charge in [0.2, 0.25) is 5.91 Å². The number of amides is 1. The van der Waals surface area contributed by atoms with Crippen molar-refractivity contribution in [1.82, 2.24) is 0 Å². The molecule has 0 aliphatic carbocycles. The minimum Gasteiger partial charge on any atom is -0.497 e. The summed E-state index contributed by atoms with van der Waals surface area (Å²) in [5.74, 6) is 1.24. The first kappa shape index (κ1) is 17.2. The molecule has 0 radical (unpaired) electrons. The summed E-state index contributed by atoms with van der Waals surface area (Å²) in [5.41, 5.74) is 1.88. The quantitative estimate of drug-likeness (QED) is 0.817. The van der Waals surface area contributed by atoms with Crippen molar-refractivity contribution in [2.75, 3.05) is 31.4 Å². The standard InChI is InChI=1S/C18H19N3O3/c1-23-15-6-7-17(24-2)16(11-15)20-9-8-18(22)21-14-5-3-4-13(10-14)12-19/h3-7,10-11,20H,8-9H2,1-2H3,(H,21,22). The highest BCUT2D eigenvalue weighted by molar-refractivity contribution is 5.91. The van der Waals surface area contributed by atoms with Crippen molar-refractivity contribution < 1.29 is 14.3 Å². The molecule has 0 saturated heterocycles. The summed E-state index contributed by atoms with van der Waals surface area (Å²) in [7, 11) is 3.18. The summed E-state index contributed by atoms with van der Waals surface area (Å²) in [6.07, 6.45) is 0.275. The van der Waals surface area contributed by atoms with Gasteiger partial charge in [0, 0.05) is 24.7 Å². The van der Waals surface area contributed by atoms with Crippen molar-refractivity contribution >= 4 is 17.3 Å². The van der Waals surface area contributed by atoms with Crippen LogP contribution in [0.3, 0.4) is 0 Å². The predicted molar refractivity (Wildman–Crippen MR) is 92.4 cm³/mol. The van der Waals surface area contributed by atoms with E-state index in [1.165, 1.54) is 0 Å². The maximum Gasteiger partial charge on any atom is 0.226 e. The van der Waals surface area contributed by atoms with E-state index in [2.05, 4.69) is 10.6 Å². The smallest absolute Gasteiger partial charge is 0.226 e. The number of anilines is 2. The molecule has 0 bridgehead atoms. The monoisotopic (exact) mass is 325 g/mol. The van der Waals surface area contributed by atoms with Crippen molar-refractivity contribution in [3.05, 3.63) is 48.0 Å². The van der Waals surface area contributed by atoms with Gasteiger partial charge in [-0.3, -0.25) is 4.79 Å². The molecule has 6 nitrogen and oxygen atoms in total. The second kappa shape index (κ2) is 8.44. The van der Waals surface area contributed by atoms with Gasteiger partial charge in [-0.15, -0.1) is 0 Å². The van der Waals surface area contributed by atoms with E-state index >= 15 is 0 Å². The second-order valence-corrected chi connectivity index (χ2v) is 4.98. The Balaban J connectivity index is 1.89. The molecular formula is C18H19N3O3. The number of carbonyl (C=O) groups is 1. The summed E-state index contributed by atoms with van der Waals surface area (Å²) in [5, 5.41) is 14.8. The zero-order valence-corrected chi connectivity index (χ0v) is 13.6. The van der Waals surface area contributed by atoms with Gasteiger partial charge in [0.05, 0.1) is 31.5 Å². The second-order valence-electron chi connectivity index (χ2n) is 4.98. The van der Waals surface area contributed by atoms with Crippen molar-refractivity contribution in [3.63, 3.8) is 0 Å². The van der Waals surface area contributed by atoms with Crippen LogP contribution in [0.15, 0.2) is 42.5 Å². The van der Waals surface area contributed by atoms with Crippen LogP contribution in [0.25, 0.3) is 0 Å². The van der Waals surface area contributed by atoms with Crippen LogP contribution < -0.4 is 20.1 Å². The van der Waals surface area contributed by atoms with E-state index in [4.69, 9.17) is 14.7 Å². The fourth-order valence-electron chi connectivity index (χ4n) is 2.15. The average molecular weight is 325 g/mol. The lowest BCUT2D eigenvalue weighted by Gasteiger charge is -2.12. The predicted octanol–water partition coefficient (Wildman–Crippen LogP) is 3.02. The van der Waals surface area contributed by atoms with Gasteiger partial charge in [0.15, 0.2) is 0 Å². The van der Waals surface area contributed by atoms with Crippen molar-refractivity contribution in [2.24, 2.45) is 0 Å². The molecule has 2 N–H and O–H groups in total. The lowest BCUT2D eigenvalue weighted by Crippen LogP contribution is -2.16. The Kier molecular flexibility index (Phi) is 6.03. The summed E-state index contributed by atoms with van der Waals surface area (Å²) >= 11 is 0. The molecule has 0 aliphatic rings. The van der Waals surface area contributed by atoms with Crippen LogP contribution in [-0.4, -0.2) is 26.7 Å². The lowest BCUT2D eigenvalue weighted by atomic mass is 10.2. The number of rotatable bonds is 7. The Morgan fingerprint density at radius 2 is 2.00 bits per heavy atom. The third-order valence-electron chi connectivity index (χ3n) is 3.35. The number of methoxy groups -OCH3 is 2. The molecule has 2 rings (SSSR count). The van der Waals surface area contributed by atoms with Gasteiger partial charge in [-0.1, -0.05) is 6.07 Å². The number of ether oxygens (including phenoxy) is 2. The number of nitrogens with zero attached hydrogens (tertiary/aromatic N) is 1. The number of nitriles is 1. The average Bonchev–Trinajstić information content (AvgIpc) is 2.61. The van der Waals surface area contributed by atoms with Gasteiger partial charge in [0.1, 0.15) is 11.5 Å². The van der Waals surface area contributed by atoms with Crippen LogP contribution in [0.1, 0.15) is 12.0 Å². The first-order valence-electron chi connectivity index (χ1n) is 7.42. The minimum absolute atomic E-state index is 0.139. The molecule has 2 aromatic carbocycles. The fourth-order valence-corrected chi connectivity index (χ4v) is 2.15. The number of hydrogen-bond donors (Lipinski definition) is 2. The number of benzene rings is 2. The first-order chi connectivity index (χ1) is 11.7. The highest BCUT2D eigenvalue weighted by atomic mass is 16.5. The first-order valence-corrected chi connectivity index (χ1v) is 7.42. The van der Waals surface area contributed by atoms with E-state index in [-0.39, 0.29) is 12.3 Å². The zero-order chi connectivity index (χ0) is 17.4. The van der Waals surface area contributed by atoms with Gasteiger partial charge < -0.3 is 20.1 Å². The van der Waals surface area contributed by atoms with E-state index in [0.717, 1.165) is 5.69 Å². The fraction of sp³-hybridized carbons (Fsp3) is 0.222. The third kappa shape index (κ3) is 4.65. The maximum absolute atomic E-state index is 12.0. The van der Waals surface area contributed by atoms with Gasteiger partial charge in [0.25, 0.3) is 0 Å². The van der Waals surface area contributed by atoms with Crippen LogP contribution in [-0.2, 0) is 4.79 Å². The summed E-state index contributed by atoms with van der Waals surface area (Å²) in [6, 6.07) is 14.3. The van der Waals surface area contributed by atoms with Crippen molar-refractivity contribution in [2.45, 2.75) is 6.42 Å². The summed E-state index contributed by atoms with van der Waals surface area (Å²) in [4.78, 5) is 12.0. The van der Waals surface area contributed by atoms with E-state index < -0.39 is 0 Å². The van der Waals surface area contributed by atoms with Gasteiger partial charge >= 0.3 is 0 Å². The molecule has 0 saturated carbocycles. The highest BCUT2D eigenvalue weighted by Crippen LogP contribution is 2.28. The molecule has 6 heteroatoms. The number of carbonyl (C=O) groups excluding carboxylic acids is 1. The molecule has 0 heterocycles. The molecule has 0 spiro atoms. The topological polar surface area (TPSA) is 83.4 Å². The number of hydrogen-bond acceptors (Lipinski definition) is 5. The Labute approximate surface area is 141 Å². The normalized spacial score (nSPS) is 9.71. The molecule has 124 valence electrons. The summed E-state index contributed by atoms with van der Waals surface area (Å²) in [6.45, 7) is 0.438. The molecule has 0 aliphatic heterocycles. The van der Waals surface area contributed by atoms with E-state index in [0.29, 0.717) is 29.3 Å². The highest BCUT2D eigenvalue weighted by Gasteiger charge is 2.07. The van der Waals surface area contributed by atoms with Gasteiger partial charge in [-0.05, 0) is 30.3 Å². The van der Waals surface area contributed by atoms with Crippen molar-refractivity contribution in [1.29, 1.82) is 5.26 Å². The van der Waals surface area contributed by atoms with Crippen LogP contribution in [0.4, 0.5) is 11.4 Å². The third-order valence-corrected chi connectivity index (χ3v) is 3.35. The Hall–Kier alpha value is -3.20. The van der Waals surface area contributed by atoms with E-state index in [1.807, 2.05) is 12.1 Å². The molecule has 0 aromatic heterocycles. The largest absolute Gasteiger partial charge is 0.497 e. The molecule has 1 amide bonds. The molecular weight excluding hydrogens is 306 g/mol.